The molecule has 2 aliphatic heterocycles. The minimum Gasteiger partial charge on any atom is -0.493 e. The van der Waals surface area contributed by atoms with Gasteiger partial charge in [-0.25, -0.2) is 0 Å². The summed E-state index contributed by atoms with van der Waals surface area (Å²) in [7, 11) is 0. The molecule has 0 aliphatic carbocycles. The summed E-state index contributed by atoms with van der Waals surface area (Å²) in [5.41, 5.74) is 4.95. The summed E-state index contributed by atoms with van der Waals surface area (Å²) in [6.07, 6.45) is 2.10. The summed E-state index contributed by atoms with van der Waals surface area (Å²) in [5, 5.41) is 3.22. The SMILES string of the molecule is CC[C@@H](C)c1ccccc1NC(=O)[C@@H](C)[NH+]1CC[NH+](Cc2ccc3c(c2)CCO3)CC1. The van der Waals surface area contributed by atoms with Gasteiger partial charge in [-0.3, -0.25) is 4.79 Å². The molecule has 0 bridgehead atoms. The average molecular weight is 424 g/mol. The molecule has 0 aromatic heterocycles. The number of rotatable bonds is 7. The zero-order valence-electron chi connectivity index (χ0n) is 19.2. The Bertz CT molecular complexity index is 905. The number of para-hydroxylation sites is 1. The molecule has 2 atom stereocenters. The second-order valence-electron chi connectivity index (χ2n) is 9.23. The number of carbonyl (C=O) groups excluding carboxylic acids is 1. The number of fused-ring (bicyclic) bond motifs is 1. The lowest BCUT2D eigenvalue weighted by molar-refractivity contribution is -1.02. The third kappa shape index (κ3) is 5.10. The fourth-order valence-corrected chi connectivity index (χ4v) is 4.86. The first kappa shape index (κ1) is 21.8. The highest BCUT2D eigenvalue weighted by atomic mass is 16.5. The molecule has 5 heteroatoms. The minimum absolute atomic E-state index is 0.0383. The van der Waals surface area contributed by atoms with Gasteiger partial charge >= 0.3 is 0 Å². The molecule has 0 radical (unpaired) electrons. The highest BCUT2D eigenvalue weighted by molar-refractivity contribution is 5.94. The summed E-state index contributed by atoms with van der Waals surface area (Å²) < 4.78 is 5.63. The number of anilines is 1. The maximum Gasteiger partial charge on any atom is 0.282 e. The van der Waals surface area contributed by atoms with E-state index < -0.39 is 0 Å². The topological polar surface area (TPSA) is 47.2 Å². The predicted molar refractivity (Wildman–Crippen MR) is 124 cm³/mol. The molecular weight excluding hydrogens is 386 g/mol. The quantitative estimate of drug-likeness (QED) is 0.631. The number of hydrogen-bond acceptors (Lipinski definition) is 2. The number of piperazine rings is 1. The van der Waals surface area contributed by atoms with E-state index in [1.807, 2.05) is 12.1 Å². The van der Waals surface area contributed by atoms with Crippen molar-refractivity contribution in [2.24, 2.45) is 0 Å². The van der Waals surface area contributed by atoms with Gasteiger partial charge in [-0.05, 0) is 54.7 Å². The summed E-state index contributed by atoms with van der Waals surface area (Å²) in [6, 6.07) is 14.8. The van der Waals surface area contributed by atoms with Gasteiger partial charge in [0.15, 0.2) is 6.04 Å². The molecule has 0 unspecified atom stereocenters. The van der Waals surface area contributed by atoms with E-state index in [1.54, 1.807) is 4.90 Å². The van der Waals surface area contributed by atoms with Gasteiger partial charge in [-0.1, -0.05) is 32.0 Å². The molecule has 2 aromatic rings. The second kappa shape index (κ2) is 9.84. The van der Waals surface area contributed by atoms with Crippen LogP contribution in [0.5, 0.6) is 5.75 Å². The molecule has 31 heavy (non-hydrogen) atoms. The van der Waals surface area contributed by atoms with Crippen molar-refractivity contribution >= 4 is 11.6 Å². The molecule has 1 saturated heterocycles. The van der Waals surface area contributed by atoms with Gasteiger partial charge in [0.1, 0.15) is 38.5 Å². The normalized spacial score (nSPS) is 22.3. The summed E-state index contributed by atoms with van der Waals surface area (Å²) in [5.74, 6) is 1.63. The molecule has 1 fully saturated rings. The zero-order chi connectivity index (χ0) is 21.8. The van der Waals surface area contributed by atoms with E-state index in [4.69, 9.17) is 4.74 Å². The van der Waals surface area contributed by atoms with E-state index in [2.05, 4.69) is 56.4 Å². The Balaban J connectivity index is 1.30. The van der Waals surface area contributed by atoms with Crippen molar-refractivity contribution in [3.63, 3.8) is 0 Å². The molecule has 5 nitrogen and oxygen atoms in total. The number of hydrogen-bond donors (Lipinski definition) is 3. The van der Waals surface area contributed by atoms with Crippen LogP contribution in [-0.4, -0.2) is 44.7 Å². The lowest BCUT2D eigenvalue weighted by atomic mass is 9.97. The molecule has 3 N–H and O–H groups in total. The van der Waals surface area contributed by atoms with Gasteiger partial charge in [-0.15, -0.1) is 0 Å². The molecule has 2 aliphatic rings. The lowest BCUT2D eigenvalue weighted by Gasteiger charge is -2.32. The fourth-order valence-electron chi connectivity index (χ4n) is 4.86. The molecular formula is C26H37N3O2+2. The number of carbonyl (C=O) groups is 1. The van der Waals surface area contributed by atoms with Crippen LogP contribution in [0.4, 0.5) is 5.69 Å². The number of quaternary nitrogens is 2. The smallest absolute Gasteiger partial charge is 0.282 e. The van der Waals surface area contributed by atoms with E-state index in [9.17, 15) is 4.79 Å². The number of ether oxygens (including phenoxy) is 1. The molecule has 0 saturated carbocycles. The van der Waals surface area contributed by atoms with Crippen LogP contribution in [0.1, 0.15) is 49.8 Å². The zero-order valence-corrected chi connectivity index (χ0v) is 19.2. The fraction of sp³-hybridized carbons (Fsp3) is 0.500. The Labute approximate surface area is 186 Å². The van der Waals surface area contributed by atoms with Crippen molar-refractivity contribution in [1.82, 2.24) is 0 Å². The van der Waals surface area contributed by atoms with E-state index in [1.165, 1.54) is 21.6 Å². The highest BCUT2D eigenvalue weighted by Crippen LogP contribution is 2.27. The van der Waals surface area contributed by atoms with Crippen molar-refractivity contribution < 1.29 is 19.3 Å². The Morgan fingerprint density at radius 2 is 1.87 bits per heavy atom. The number of benzene rings is 2. The summed E-state index contributed by atoms with van der Waals surface area (Å²) in [4.78, 5) is 16.0. The highest BCUT2D eigenvalue weighted by Gasteiger charge is 2.31. The van der Waals surface area contributed by atoms with Gasteiger partial charge in [0.05, 0.1) is 6.61 Å². The molecule has 0 spiro atoms. The van der Waals surface area contributed by atoms with E-state index in [0.29, 0.717) is 5.92 Å². The first-order chi connectivity index (χ1) is 15.0. The van der Waals surface area contributed by atoms with Gasteiger partial charge < -0.3 is 19.9 Å². The van der Waals surface area contributed by atoms with Crippen LogP contribution in [-0.2, 0) is 17.8 Å². The Kier molecular flexibility index (Phi) is 6.93. The number of nitrogens with one attached hydrogen (secondary N) is 3. The van der Waals surface area contributed by atoms with Gasteiger partial charge in [0.25, 0.3) is 5.91 Å². The minimum atomic E-state index is -0.0383. The Morgan fingerprint density at radius 1 is 1.10 bits per heavy atom. The van der Waals surface area contributed by atoms with Gasteiger partial charge in [0.2, 0.25) is 0 Å². The standard InChI is InChI=1S/C26H35N3O2/c1-4-19(2)23-7-5-6-8-24(23)27-26(30)20(3)29-14-12-28(13-15-29)18-21-9-10-25-22(17-21)11-16-31-25/h5-10,17,19-20H,4,11-16,18H2,1-3H3,(H,27,30)/p+2/t19-,20-/m1/s1. The van der Waals surface area contributed by atoms with Gasteiger partial charge in [-0.2, -0.15) is 0 Å². The largest absolute Gasteiger partial charge is 0.493 e. The molecule has 2 heterocycles. The molecule has 1 amide bonds. The average Bonchev–Trinajstić information content (AvgIpc) is 3.27. The van der Waals surface area contributed by atoms with Crippen molar-refractivity contribution in [3.8, 4) is 5.75 Å². The first-order valence-electron chi connectivity index (χ1n) is 11.9. The van der Waals surface area contributed by atoms with Crippen molar-refractivity contribution in [2.45, 2.75) is 52.1 Å². The Hall–Kier alpha value is -2.37. The molecule has 4 rings (SSSR count). The van der Waals surface area contributed by atoms with E-state index in [0.717, 1.165) is 63.6 Å². The summed E-state index contributed by atoms with van der Waals surface area (Å²) >= 11 is 0. The maximum absolute atomic E-state index is 13.0. The van der Waals surface area contributed by atoms with Crippen LogP contribution in [0.2, 0.25) is 0 Å². The van der Waals surface area contributed by atoms with Crippen molar-refractivity contribution in [3.05, 3.63) is 59.2 Å². The van der Waals surface area contributed by atoms with E-state index >= 15 is 0 Å². The molecule has 166 valence electrons. The third-order valence-corrected chi connectivity index (χ3v) is 7.17. The van der Waals surface area contributed by atoms with Crippen LogP contribution in [0.25, 0.3) is 0 Å². The first-order valence-corrected chi connectivity index (χ1v) is 11.9. The lowest BCUT2D eigenvalue weighted by Crippen LogP contribution is -3.29. The van der Waals surface area contributed by atoms with Crippen LogP contribution < -0.4 is 19.9 Å². The predicted octanol–water partition coefficient (Wildman–Crippen LogP) is 1.45. The maximum atomic E-state index is 13.0. The third-order valence-electron chi connectivity index (χ3n) is 7.17. The Morgan fingerprint density at radius 3 is 2.65 bits per heavy atom. The van der Waals surface area contributed by atoms with Crippen LogP contribution in [0.15, 0.2) is 42.5 Å². The van der Waals surface area contributed by atoms with E-state index in [-0.39, 0.29) is 11.9 Å². The second-order valence-corrected chi connectivity index (χ2v) is 9.23. The van der Waals surface area contributed by atoms with Crippen molar-refractivity contribution in [1.29, 1.82) is 0 Å². The number of amides is 1. The van der Waals surface area contributed by atoms with Gasteiger partial charge in [0, 0.05) is 17.7 Å². The van der Waals surface area contributed by atoms with Crippen LogP contribution in [0, 0.1) is 0 Å². The van der Waals surface area contributed by atoms with Crippen molar-refractivity contribution in [2.75, 3.05) is 38.1 Å². The summed E-state index contributed by atoms with van der Waals surface area (Å²) in [6.45, 7) is 12.6. The van der Waals surface area contributed by atoms with Crippen LogP contribution in [0.3, 0.4) is 0 Å². The van der Waals surface area contributed by atoms with Crippen LogP contribution >= 0.6 is 0 Å². The molecule has 2 aromatic carbocycles. The monoisotopic (exact) mass is 423 g/mol.